The Kier molecular flexibility index (Phi) is 5.80. The van der Waals surface area contributed by atoms with Gasteiger partial charge in [-0.3, -0.25) is 0 Å². The van der Waals surface area contributed by atoms with Gasteiger partial charge in [0.05, 0.1) is 6.10 Å². The van der Waals surface area contributed by atoms with Crippen molar-refractivity contribution >= 4 is 0 Å². The third-order valence-corrected chi connectivity index (χ3v) is 11.1. The van der Waals surface area contributed by atoms with E-state index in [1.165, 1.54) is 64.2 Å². The van der Waals surface area contributed by atoms with Gasteiger partial charge in [0.25, 0.3) is 0 Å². The Balaban J connectivity index is 1.53. The monoisotopic (exact) mass is 386 g/mol. The molecule has 1 heteroatoms. The van der Waals surface area contributed by atoms with Crippen LogP contribution in [0.25, 0.3) is 0 Å². The van der Waals surface area contributed by atoms with Gasteiger partial charge < -0.3 is 5.11 Å². The van der Waals surface area contributed by atoms with E-state index in [0.717, 1.165) is 36.0 Å². The van der Waals surface area contributed by atoms with E-state index in [2.05, 4.69) is 34.3 Å². The molecule has 1 nitrogen and oxygen atoms in total. The molecule has 0 aliphatic heterocycles. The normalized spacial score (nSPS) is 50.2. The van der Waals surface area contributed by atoms with Gasteiger partial charge in [0.2, 0.25) is 0 Å². The van der Waals surface area contributed by atoms with Crippen molar-refractivity contribution in [3.05, 3.63) is 12.7 Å². The molecular weight excluding hydrogens is 340 g/mol. The summed E-state index contributed by atoms with van der Waals surface area (Å²) in [5.41, 5.74) is 1.09. The third kappa shape index (κ3) is 3.14. The van der Waals surface area contributed by atoms with Gasteiger partial charge in [-0.2, -0.15) is 0 Å². The summed E-state index contributed by atoms with van der Waals surface area (Å²) in [6, 6.07) is 0. The van der Waals surface area contributed by atoms with Gasteiger partial charge >= 0.3 is 0 Å². The molecule has 0 spiro atoms. The van der Waals surface area contributed by atoms with Gasteiger partial charge in [-0.15, -0.1) is 6.58 Å². The molecule has 4 rings (SSSR count). The largest absolute Gasteiger partial charge is 0.393 e. The van der Waals surface area contributed by atoms with Crippen LogP contribution in [0, 0.1) is 52.3 Å². The average molecular weight is 387 g/mol. The van der Waals surface area contributed by atoms with E-state index in [0.29, 0.717) is 22.7 Å². The molecule has 160 valence electrons. The van der Waals surface area contributed by atoms with E-state index < -0.39 is 0 Å². The molecule has 28 heavy (non-hydrogen) atoms. The maximum absolute atomic E-state index is 10.7. The molecule has 4 saturated carbocycles. The first-order valence-electron chi connectivity index (χ1n) is 12.6. The summed E-state index contributed by atoms with van der Waals surface area (Å²) in [4.78, 5) is 0. The Morgan fingerprint density at radius 3 is 2.43 bits per heavy atom. The highest BCUT2D eigenvalue weighted by atomic mass is 16.3. The summed E-state index contributed by atoms with van der Waals surface area (Å²) in [7, 11) is 0. The molecular formula is C27H46O. The van der Waals surface area contributed by atoms with E-state index in [1.807, 2.05) is 6.08 Å². The number of fused-ring (bicyclic) bond motifs is 5. The van der Waals surface area contributed by atoms with Crippen molar-refractivity contribution in [3.8, 4) is 0 Å². The third-order valence-electron chi connectivity index (χ3n) is 11.1. The van der Waals surface area contributed by atoms with Crippen molar-refractivity contribution in [2.45, 2.75) is 104 Å². The van der Waals surface area contributed by atoms with Crippen molar-refractivity contribution in [2.24, 2.45) is 52.3 Å². The van der Waals surface area contributed by atoms with Crippen LogP contribution in [-0.4, -0.2) is 11.2 Å². The number of hydrogen-bond acceptors (Lipinski definition) is 1. The second-order valence-electron chi connectivity index (χ2n) is 11.9. The Morgan fingerprint density at radius 1 is 1.00 bits per heavy atom. The molecule has 0 bridgehead atoms. The van der Waals surface area contributed by atoms with E-state index in [-0.39, 0.29) is 6.10 Å². The maximum atomic E-state index is 10.7. The quantitative estimate of drug-likeness (QED) is 0.493. The fourth-order valence-electron chi connectivity index (χ4n) is 9.28. The summed E-state index contributed by atoms with van der Waals surface area (Å²) in [6.07, 6.45) is 17.0. The van der Waals surface area contributed by atoms with Crippen molar-refractivity contribution in [3.63, 3.8) is 0 Å². The Hall–Kier alpha value is -0.300. The van der Waals surface area contributed by atoms with Gasteiger partial charge in [0.15, 0.2) is 0 Å². The number of hydrogen-bond donors (Lipinski definition) is 1. The predicted octanol–water partition coefficient (Wildman–Crippen LogP) is 7.24. The molecule has 3 unspecified atom stereocenters. The summed E-state index contributed by atoms with van der Waals surface area (Å²) >= 11 is 0. The van der Waals surface area contributed by atoms with Crippen molar-refractivity contribution in [1.29, 1.82) is 0 Å². The number of aliphatic hydroxyl groups excluding tert-OH is 1. The second-order valence-corrected chi connectivity index (χ2v) is 11.9. The minimum Gasteiger partial charge on any atom is -0.393 e. The molecule has 1 N–H and O–H groups in total. The van der Waals surface area contributed by atoms with Gasteiger partial charge in [0.1, 0.15) is 0 Å². The summed E-state index contributed by atoms with van der Waals surface area (Å²) < 4.78 is 0. The van der Waals surface area contributed by atoms with E-state index in [4.69, 9.17) is 0 Å². The Morgan fingerprint density at radius 2 is 1.71 bits per heavy atom. The van der Waals surface area contributed by atoms with Crippen LogP contribution in [0.5, 0.6) is 0 Å². The lowest BCUT2D eigenvalue weighted by molar-refractivity contribution is -0.124. The highest BCUT2D eigenvalue weighted by Crippen LogP contribution is 2.68. The lowest BCUT2D eigenvalue weighted by Crippen LogP contribution is -2.54. The Bertz CT molecular complexity index is 569. The van der Waals surface area contributed by atoms with Gasteiger partial charge in [-0.25, -0.2) is 0 Å². The first kappa shape index (κ1) is 21.0. The average Bonchev–Trinajstić information content (AvgIpc) is 3.04. The zero-order valence-electron chi connectivity index (χ0n) is 19.1. The van der Waals surface area contributed by atoms with E-state index >= 15 is 0 Å². The smallest absolute Gasteiger partial charge is 0.0602 e. The van der Waals surface area contributed by atoms with Crippen molar-refractivity contribution < 1.29 is 5.11 Å². The molecule has 4 fully saturated rings. The molecule has 0 aromatic heterocycles. The summed E-state index contributed by atoms with van der Waals surface area (Å²) in [5.74, 6) is 5.98. The fraction of sp³-hybridized carbons (Fsp3) is 0.926. The zero-order valence-corrected chi connectivity index (χ0v) is 19.1. The minimum absolute atomic E-state index is 0.201. The van der Waals surface area contributed by atoms with Gasteiger partial charge in [-0.1, -0.05) is 40.2 Å². The van der Waals surface area contributed by atoms with Crippen LogP contribution in [0.15, 0.2) is 12.7 Å². The highest BCUT2D eigenvalue weighted by Gasteiger charge is 2.60. The summed E-state index contributed by atoms with van der Waals surface area (Å²) in [5, 5.41) is 10.7. The zero-order chi connectivity index (χ0) is 20.1. The summed E-state index contributed by atoms with van der Waals surface area (Å²) in [6.45, 7) is 13.9. The van der Waals surface area contributed by atoms with Gasteiger partial charge in [-0.05, 0) is 116 Å². The standard InChI is InChI=1S/C27H46O/c1-6-8-25(28)18(3)22-11-12-23-21-10-9-20-17-19(7-2)13-15-26(20,4)24(21)14-16-27(22,23)5/h6,18-25,28H,1,7-17H2,2-5H3/t18-,19-,20+,21-,22?,23?,24?,25+,26-,27+/m0/s1. The highest BCUT2D eigenvalue weighted by molar-refractivity contribution is 5.10. The van der Waals surface area contributed by atoms with Crippen LogP contribution in [0.2, 0.25) is 0 Å². The maximum Gasteiger partial charge on any atom is 0.0602 e. The molecule has 0 heterocycles. The van der Waals surface area contributed by atoms with Crippen LogP contribution in [0.4, 0.5) is 0 Å². The molecule has 4 aliphatic rings. The number of aliphatic hydroxyl groups is 1. The first-order chi connectivity index (χ1) is 13.3. The second kappa shape index (κ2) is 7.75. The fourth-order valence-corrected chi connectivity index (χ4v) is 9.28. The van der Waals surface area contributed by atoms with Crippen LogP contribution in [-0.2, 0) is 0 Å². The van der Waals surface area contributed by atoms with Crippen molar-refractivity contribution in [1.82, 2.24) is 0 Å². The lowest BCUT2D eigenvalue weighted by Gasteiger charge is -2.61. The van der Waals surface area contributed by atoms with Crippen LogP contribution < -0.4 is 0 Å². The Labute approximate surface area is 174 Å². The van der Waals surface area contributed by atoms with Crippen molar-refractivity contribution in [2.75, 3.05) is 0 Å². The van der Waals surface area contributed by atoms with E-state index in [1.54, 1.807) is 0 Å². The predicted molar refractivity (Wildman–Crippen MR) is 119 cm³/mol. The molecule has 4 aliphatic carbocycles. The SMILES string of the molecule is C=CC[C@@H](O)[C@@H](C)C1CCC2[C@@H]3CC[C@@H]4C[C@@H](CC)CC[C@]4(C)C3CC[C@@]21C. The lowest BCUT2D eigenvalue weighted by atomic mass is 9.44. The van der Waals surface area contributed by atoms with Crippen LogP contribution in [0.1, 0.15) is 98.3 Å². The van der Waals surface area contributed by atoms with Crippen LogP contribution in [0.3, 0.4) is 0 Å². The van der Waals surface area contributed by atoms with E-state index in [9.17, 15) is 5.11 Å². The first-order valence-corrected chi connectivity index (χ1v) is 12.6. The molecule has 10 atom stereocenters. The molecule has 0 amide bonds. The molecule has 0 aromatic rings. The molecule has 0 saturated heterocycles. The minimum atomic E-state index is -0.201. The van der Waals surface area contributed by atoms with Gasteiger partial charge in [0, 0.05) is 0 Å². The molecule has 0 radical (unpaired) electrons. The topological polar surface area (TPSA) is 20.2 Å². The molecule has 0 aromatic carbocycles. The van der Waals surface area contributed by atoms with Crippen LogP contribution >= 0.6 is 0 Å². The number of rotatable bonds is 5.